The molecule has 2 N–H and O–H groups in total. The molecule has 90 valence electrons. The fourth-order valence-electron chi connectivity index (χ4n) is 1.37. The van der Waals surface area contributed by atoms with Crippen molar-refractivity contribution in [3.8, 4) is 0 Å². The van der Waals surface area contributed by atoms with Crippen LogP contribution >= 0.6 is 0 Å². The van der Waals surface area contributed by atoms with Gasteiger partial charge in [0.2, 0.25) is 0 Å². The lowest BCUT2D eigenvalue weighted by Gasteiger charge is -2.06. The highest BCUT2D eigenvalue weighted by Crippen LogP contribution is 2.17. The van der Waals surface area contributed by atoms with E-state index >= 15 is 0 Å². The van der Waals surface area contributed by atoms with E-state index in [1.807, 2.05) is 0 Å². The van der Waals surface area contributed by atoms with Gasteiger partial charge in [-0.15, -0.1) is 0 Å². The summed E-state index contributed by atoms with van der Waals surface area (Å²) in [7, 11) is -3.73. The van der Waals surface area contributed by atoms with E-state index in [2.05, 4.69) is 14.9 Å². The minimum absolute atomic E-state index is 0.0433. The Kier molecular flexibility index (Phi) is 2.84. The van der Waals surface area contributed by atoms with Gasteiger partial charge in [-0.1, -0.05) is 6.07 Å². The molecule has 0 unspecified atom stereocenters. The van der Waals surface area contributed by atoms with Gasteiger partial charge in [0.1, 0.15) is 10.7 Å². The maximum atomic E-state index is 12.9. The molecule has 1 heterocycles. The molecule has 2 aromatic rings. The molecular weight excluding hydrogens is 245 g/mol. The number of rotatable bonds is 3. The predicted octanol–water partition coefficient (Wildman–Crippen LogP) is 1.66. The number of nitrogens with zero attached hydrogens (tertiary/aromatic N) is 1. The number of aryl methyl sites for hydroxylation is 1. The number of anilines is 1. The van der Waals surface area contributed by atoms with Crippen LogP contribution in [0.4, 0.5) is 10.1 Å². The Bertz CT molecular complexity index is 637. The van der Waals surface area contributed by atoms with Crippen molar-refractivity contribution >= 4 is 15.7 Å². The number of nitrogens with one attached hydrogen (secondary N) is 2. The average Bonchev–Trinajstić information content (AvgIpc) is 2.64. The lowest BCUT2D eigenvalue weighted by atomic mass is 10.3. The highest BCUT2D eigenvalue weighted by molar-refractivity contribution is 7.92. The minimum atomic E-state index is -3.73. The van der Waals surface area contributed by atoms with E-state index in [1.165, 1.54) is 24.4 Å². The normalized spacial score (nSPS) is 11.4. The molecular formula is C10H10FN3O2S. The van der Waals surface area contributed by atoms with Crippen LogP contribution in [0.5, 0.6) is 0 Å². The number of aromatic amines is 1. The van der Waals surface area contributed by atoms with Gasteiger partial charge < -0.3 is 0 Å². The van der Waals surface area contributed by atoms with E-state index < -0.39 is 15.8 Å². The van der Waals surface area contributed by atoms with Crippen LogP contribution in [0.3, 0.4) is 0 Å². The van der Waals surface area contributed by atoms with E-state index in [-0.39, 0.29) is 10.6 Å². The Morgan fingerprint density at radius 3 is 2.76 bits per heavy atom. The molecule has 0 spiro atoms. The lowest BCUT2D eigenvalue weighted by molar-refractivity contribution is 0.600. The van der Waals surface area contributed by atoms with Crippen molar-refractivity contribution in [1.82, 2.24) is 10.2 Å². The first kappa shape index (κ1) is 11.6. The molecule has 0 aliphatic heterocycles. The molecule has 7 heteroatoms. The van der Waals surface area contributed by atoms with Crippen LogP contribution in [0.2, 0.25) is 0 Å². The van der Waals surface area contributed by atoms with Crippen molar-refractivity contribution in [2.75, 3.05) is 4.72 Å². The van der Waals surface area contributed by atoms with Crippen molar-refractivity contribution in [1.29, 1.82) is 0 Å². The van der Waals surface area contributed by atoms with Crippen LogP contribution in [0.1, 0.15) is 5.69 Å². The molecule has 0 aliphatic rings. The number of aromatic nitrogens is 2. The number of hydrogen-bond acceptors (Lipinski definition) is 3. The molecule has 0 atom stereocenters. The van der Waals surface area contributed by atoms with Gasteiger partial charge in [-0.05, 0) is 25.1 Å². The molecule has 0 saturated heterocycles. The summed E-state index contributed by atoms with van der Waals surface area (Å²) >= 11 is 0. The molecule has 2 rings (SSSR count). The van der Waals surface area contributed by atoms with Crippen LogP contribution < -0.4 is 4.72 Å². The highest BCUT2D eigenvalue weighted by atomic mass is 32.2. The number of sulfonamides is 1. The number of hydrogen-bond donors (Lipinski definition) is 2. The molecule has 0 fully saturated rings. The number of benzene rings is 1. The second-order valence-electron chi connectivity index (χ2n) is 3.48. The maximum absolute atomic E-state index is 12.9. The number of halogens is 1. The molecule has 1 aromatic carbocycles. The van der Waals surface area contributed by atoms with Gasteiger partial charge in [0.25, 0.3) is 10.0 Å². The summed E-state index contributed by atoms with van der Waals surface area (Å²) < 4.78 is 39.0. The highest BCUT2D eigenvalue weighted by Gasteiger charge is 2.18. The lowest BCUT2D eigenvalue weighted by Crippen LogP contribution is -2.13. The quantitative estimate of drug-likeness (QED) is 0.875. The summed E-state index contributed by atoms with van der Waals surface area (Å²) in [4.78, 5) is 0.0433. The zero-order valence-electron chi connectivity index (χ0n) is 8.94. The van der Waals surface area contributed by atoms with Gasteiger partial charge in [-0.2, -0.15) is 5.10 Å². The molecule has 0 radical (unpaired) electrons. The van der Waals surface area contributed by atoms with E-state index in [0.717, 1.165) is 6.07 Å². The van der Waals surface area contributed by atoms with Gasteiger partial charge in [0.15, 0.2) is 0 Å². The Morgan fingerprint density at radius 2 is 2.18 bits per heavy atom. The summed E-state index contributed by atoms with van der Waals surface area (Å²) in [6, 6.07) is 5.24. The van der Waals surface area contributed by atoms with Gasteiger partial charge in [-0.25, -0.2) is 12.8 Å². The van der Waals surface area contributed by atoms with Gasteiger partial charge in [0.05, 0.1) is 17.6 Å². The Labute approximate surface area is 97.7 Å². The summed E-state index contributed by atoms with van der Waals surface area (Å²) in [5.41, 5.74) is 0.597. The van der Waals surface area contributed by atoms with Crippen LogP contribution in [-0.4, -0.2) is 18.6 Å². The maximum Gasteiger partial charge on any atom is 0.265 e. The summed E-state index contributed by atoms with van der Waals surface area (Å²) in [5, 5.41) is 6.16. The monoisotopic (exact) mass is 255 g/mol. The molecule has 0 saturated carbocycles. The zero-order valence-corrected chi connectivity index (χ0v) is 9.75. The minimum Gasteiger partial charge on any atom is -0.281 e. The average molecular weight is 255 g/mol. The van der Waals surface area contributed by atoms with Crippen molar-refractivity contribution < 1.29 is 12.8 Å². The molecule has 17 heavy (non-hydrogen) atoms. The fraction of sp³-hybridized carbons (Fsp3) is 0.100. The third-order valence-electron chi connectivity index (χ3n) is 2.15. The van der Waals surface area contributed by atoms with Crippen molar-refractivity contribution in [3.05, 3.63) is 42.0 Å². The van der Waals surface area contributed by atoms with Crippen molar-refractivity contribution in [3.63, 3.8) is 0 Å². The van der Waals surface area contributed by atoms with E-state index in [9.17, 15) is 12.8 Å². The fourth-order valence-corrected chi connectivity index (χ4v) is 2.56. The van der Waals surface area contributed by atoms with Gasteiger partial charge in [-0.3, -0.25) is 9.82 Å². The molecule has 0 amide bonds. The van der Waals surface area contributed by atoms with Crippen LogP contribution in [0.25, 0.3) is 0 Å². The second kappa shape index (κ2) is 4.17. The second-order valence-corrected chi connectivity index (χ2v) is 5.13. The Morgan fingerprint density at radius 1 is 1.41 bits per heavy atom. The predicted molar refractivity (Wildman–Crippen MR) is 60.5 cm³/mol. The summed E-state index contributed by atoms with van der Waals surface area (Å²) in [5.74, 6) is -0.505. The topological polar surface area (TPSA) is 74.8 Å². The Balaban J connectivity index is 2.33. The molecule has 5 nitrogen and oxygen atoms in total. The van der Waals surface area contributed by atoms with Crippen LogP contribution in [0.15, 0.2) is 35.4 Å². The van der Waals surface area contributed by atoms with Crippen molar-refractivity contribution in [2.45, 2.75) is 11.8 Å². The number of H-pyrrole nitrogens is 1. The van der Waals surface area contributed by atoms with Crippen LogP contribution in [-0.2, 0) is 10.0 Å². The SMILES string of the molecule is Cc1[nH]ncc1S(=O)(=O)Nc1cccc(F)c1. The third kappa shape index (κ3) is 2.44. The first-order valence-corrected chi connectivity index (χ1v) is 6.26. The first-order valence-electron chi connectivity index (χ1n) is 4.77. The molecule has 0 aliphatic carbocycles. The summed E-state index contributed by atoms with van der Waals surface area (Å²) in [6.45, 7) is 1.59. The zero-order chi connectivity index (χ0) is 12.5. The van der Waals surface area contributed by atoms with E-state index in [0.29, 0.717) is 5.69 Å². The first-order chi connectivity index (χ1) is 7.99. The summed E-state index contributed by atoms with van der Waals surface area (Å²) in [6.07, 6.45) is 1.21. The largest absolute Gasteiger partial charge is 0.281 e. The van der Waals surface area contributed by atoms with E-state index in [1.54, 1.807) is 6.92 Å². The van der Waals surface area contributed by atoms with Crippen LogP contribution in [0, 0.1) is 12.7 Å². The van der Waals surface area contributed by atoms with Gasteiger partial charge >= 0.3 is 0 Å². The smallest absolute Gasteiger partial charge is 0.265 e. The Hall–Kier alpha value is -1.89. The van der Waals surface area contributed by atoms with Gasteiger partial charge in [0, 0.05) is 0 Å². The van der Waals surface area contributed by atoms with Crippen molar-refractivity contribution in [2.24, 2.45) is 0 Å². The molecule has 1 aromatic heterocycles. The van der Waals surface area contributed by atoms with E-state index in [4.69, 9.17) is 0 Å². The standard InChI is InChI=1S/C10H10FN3O2S/c1-7-10(6-12-13-7)17(15,16)14-9-4-2-3-8(11)5-9/h2-6,14H,1H3,(H,12,13). The molecule has 0 bridgehead atoms. The third-order valence-corrected chi connectivity index (χ3v) is 3.65.